The third kappa shape index (κ3) is 3.67. The van der Waals surface area contributed by atoms with Crippen LogP contribution in [0.1, 0.15) is 16.8 Å². The van der Waals surface area contributed by atoms with Crippen molar-refractivity contribution in [2.45, 2.75) is 19.5 Å². The van der Waals surface area contributed by atoms with Crippen LogP contribution in [0, 0.1) is 0 Å². The minimum absolute atomic E-state index is 0.111. The van der Waals surface area contributed by atoms with Gasteiger partial charge in [-0.2, -0.15) is 0 Å². The van der Waals surface area contributed by atoms with Crippen LogP contribution >= 0.6 is 11.6 Å². The Morgan fingerprint density at radius 3 is 2.70 bits per heavy atom. The first kappa shape index (κ1) is 17.6. The van der Waals surface area contributed by atoms with E-state index in [0.717, 1.165) is 11.3 Å². The zero-order valence-corrected chi connectivity index (χ0v) is 15.2. The van der Waals surface area contributed by atoms with Crippen LogP contribution in [0.2, 0.25) is 5.02 Å². The molecule has 0 spiro atoms. The molecule has 2 heterocycles. The van der Waals surface area contributed by atoms with E-state index in [4.69, 9.17) is 11.6 Å². The van der Waals surface area contributed by atoms with Crippen LogP contribution in [0.25, 0.3) is 11.4 Å². The molecule has 1 aliphatic heterocycles. The number of fused-ring (bicyclic) bond motifs is 1. The van der Waals surface area contributed by atoms with E-state index in [1.54, 1.807) is 18.2 Å². The summed E-state index contributed by atoms with van der Waals surface area (Å²) < 4.78 is 0. The number of halogens is 1. The maximum Gasteiger partial charge on any atom is 0.254 e. The third-order valence-corrected chi connectivity index (χ3v) is 4.98. The Hall–Kier alpha value is -2.83. The summed E-state index contributed by atoms with van der Waals surface area (Å²) in [6.45, 7) is 1.63. The maximum atomic E-state index is 12.5. The molecule has 0 radical (unpaired) electrons. The molecule has 6 nitrogen and oxygen atoms in total. The Morgan fingerprint density at radius 2 is 1.93 bits per heavy atom. The van der Waals surface area contributed by atoms with E-state index in [2.05, 4.69) is 14.9 Å². The lowest BCUT2D eigenvalue weighted by Gasteiger charge is -2.28. The second-order valence-corrected chi connectivity index (χ2v) is 7.06. The molecule has 0 unspecified atom stereocenters. The lowest BCUT2D eigenvalue weighted by atomic mass is 10.0. The van der Waals surface area contributed by atoms with Crippen molar-refractivity contribution in [3.63, 3.8) is 0 Å². The first-order valence-corrected chi connectivity index (χ1v) is 8.98. The van der Waals surface area contributed by atoms with Gasteiger partial charge >= 0.3 is 0 Å². The largest absolute Gasteiger partial charge is 0.508 e. The summed E-state index contributed by atoms with van der Waals surface area (Å²) in [5.41, 5.74) is 2.74. The van der Waals surface area contributed by atoms with Gasteiger partial charge in [-0.25, -0.2) is 4.98 Å². The van der Waals surface area contributed by atoms with Gasteiger partial charge in [0.25, 0.3) is 5.56 Å². The molecule has 3 N–H and O–H groups in total. The molecule has 0 saturated carbocycles. The number of benzene rings is 2. The molecule has 0 saturated heterocycles. The predicted molar refractivity (Wildman–Crippen MR) is 103 cm³/mol. The number of nitrogens with zero attached hydrogens (tertiary/aromatic N) is 2. The van der Waals surface area contributed by atoms with E-state index in [-0.39, 0.29) is 17.1 Å². The van der Waals surface area contributed by atoms with Crippen LogP contribution in [0.3, 0.4) is 0 Å². The molecule has 3 aromatic rings. The number of aromatic amines is 1. The zero-order chi connectivity index (χ0) is 19.0. The number of hydrogen-bond donors (Lipinski definition) is 3. The van der Waals surface area contributed by atoms with Crippen molar-refractivity contribution in [2.75, 3.05) is 6.54 Å². The molecule has 1 aliphatic rings. The van der Waals surface area contributed by atoms with Gasteiger partial charge in [-0.15, -0.1) is 0 Å². The summed E-state index contributed by atoms with van der Waals surface area (Å²) >= 11 is 5.93. The van der Waals surface area contributed by atoms with Crippen LogP contribution in [-0.2, 0) is 19.5 Å². The summed E-state index contributed by atoms with van der Waals surface area (Å²) in [7, 11) is 0. The van der Waals surface area contributed by atoms with Crippen LogP contribution in [0.4, 0.5) is 0 Å². The van der Waals surface area contributed by atoms with Gasteiger partial charge in [0.1, 0.15) is 17.3 Å². The van der Waals surface area contributed by atoms with E-state index in [0.29, 0.717) is 48.0 Å². The van der Waals surface area contributed by atoms with Crippen molar-refractivity contribution in [3.8, 4) is 22.9 Å². The number of rotatable bonds is 3. The van der Waals surface area contributed by atoms with Gasteiger partial charge in [-0.1, -0.05) is 11.6 Å². The Labute approximate surface area is 160 Å². The Morgan fingerprint density at radius 1 is 1.15 bits per heavy atom. The molecule has 2 aromatic carbocycles. The number of H-pyrrole nitrogens is 1. The van der Waals surface area contributed by atoms with Crippen molar-refractivity contribution < 1.29 is 10.2 Å². The van der Waals surface area contributed by atoms with Gasteiger partial charge in [0.15, 0.2) is 0 Å². The fraction of sp³-hybridized carbons (Fsp3) is 0.200. The molecule has 1 aromatic heterocycles. The number of aromatic nitrogens is 2. The smallest absolute Gasteiger partial charge is 0.254 e. The highest BCUT2D eigenvalue weighted by Crippen LogP contribution is 2.26. The fourth-order valence-electron chi connectivity index (χ4n) is 3.31. The van der Waals surface area contributed by atoms with Crippen LogP contribution in [-0.4, -0.2) is 31.6 Å². The highest BCUT2D eigenvalue weighted by atomic mass is 35.5. The third-order valence-electron chi connectivity index (χ3n) is 4.73. The maximum absolute atomic E-state index is 12.5. The van der Waals surface area contributed by atoms with Gasteiger partial charge in [0, 0.05) is 41.3 Å². The number of hydrogen-bond acceptors (Lipinski definition) is 5. The van der Waals surface area contributed by atoms with Crippen molar-refractivity contribution >= 4 is 11.6 Å². The van der Waals surface area contributed by atoms with Crippen molar-refractivity contribution in [1.29, 1.82) is 0 Å². The van der Waals surface area contributed by atoms with E-state index in [1.807, 2.05) is 12.1 Å². The first-order chi connectivity index (χ1) is 13.0. The molecule has 0 fully saturated rings. The van der Waals surface area contributed by atoms with Crippen molar-refractivity contribution in [3.05, 3.63) is 74.7 Å². The number of phenolic OH excluding ortho intramolecular Hbond substituents is 2. The van der Waals surface area contributed by atoms with Gasteiger partial charge in [0.05, 0.1) is 5.69 Å². The average molecular weight is 384 g/mol. The van der Waals surface area contributed by atoms with Crippen molar-refractivity contribution in [1.82, 2.24) is 14.9 Å². The predicted octanol–water partition coefficient (Wildman–Crippen LogP) is 3.06. The molecule has 4 rings (SSSR count). The quantitative estimate of drug-likeness (QED) is 0.605. The van der Waals surface area contributed by atoms with Gasteiger partial charge < -0.3 is 15.2 Å². The molecular weight excluding hydrogens is 366 g/mol. The van der Waals surface area contributed by atoms with E-state index < -0.39 is 0 Å². The molecule has 138 valence electrons. The molecular formula is C20H18ClN3O3. The summed E-state index contributed by atoms with van der Waals surface area (Å²) in [6, 6.07) is 11.6. The van der Waals surface area contributed by atoms with Gasteiger partial charge in [-0.05, 0) is 48.9 Å². The monoisotopic (exact) mass is 383 g/mol. The minimum atomic E-state index is -0.121. The van der Waals surface area contributed by atoms with Gasteiger partial charge in [0.2, 0.25) is 0 Å². The van der Waals surface area contributed by atoms with E-state index in [1.165, 1.54) is 12.1 Å². The SMILES string of the molecule is O=c1[nH]c(-c2ccc(Cl)cc2)nc2c1CCN(Cc1cc(O)ccc1O)C2. The van der Waals surface area contributed by atoms with E-state index >= 15 is 0 Å². The summed E-state index contributed by atoms with van der Waals surface area (Å²) in [5.74, 6) is 0.761. The molecule has 0 atom stereocenters. The zero-order valence-electron chi connectivity index (χ0n) is 14.4. The highest BCUT2D eigenvalue weighted by molar-refractivity contribution is 6.30. The normalized spacial score (nSPS) is 14.1. The summed E-state index contributed by atoms with van der Waals surface area (Å²) in [6.07, 6.45) is 0.581. The second kappa shape index (κ2) is 7.06. The fourth-order valence-corrected chi connectivity index (χ4v) is 3.44. The number of phenols is 2. The summed E-state index contributed by atoms with van der Waals surface area (Å²) in [4.78, 5) is 22.1. The lowest BCUT2D eigenvalue weighted by Crippen LogP contribution is -2.35. The van der Waals surface area contributed by atoms with Gasteiger partial charge in [-0.3, -0.25) is 9.69 Å². The average Bonchev–Trinajstić information content (AvgIpc) is 2.65. The molecule has 7 heteroatoms. The molecule has 0 bridgehead atoms. The second-order valence-electron chi connectivity index (χ2n) is 6.62. The molecule has 0 amide bonds. The minimum Gasteiger partial charge on any atom is -0.508 e. The highest BCUT2D eigenvalue weighted by Gasteiger charge is 2.22. The number of aromatic hydroxyl groups is 2. The van der Waals surface area contributed by atoms with Crippen LogP contribution < -0.4 is 5.56 Å². The van der Waals surface area contributed by atoms with E-state index in [9.17, 15) is 15.0 Å². The first-order valence-electron chi connectivity index (χ1n) is 8.61. The van der Waals surface area contributed by atoms with Crippen LogP contribution in [0.15, 0.2) is 47.3 Å². The summed E-state index contributed by atoms with van der Waals surface area (Å²) in [5, 5.41) is 20.3. The number of nitrogens with one attached hydrogen (secondary N) is 1. The Kier molecular flexibility index (Phi) is 4.59. The lowest BCUT2D eigenvalue weighted by molar-refractivity contribution is 0.237. The van der Waals surface area contributed by atoms with Crippen molar-refractivity contribution in [2.24, 2.45) is 0 Å². The topological polar surface area (TPSA) is 89.5 Å². The standard InChI is InChI=1S/C20H18ClN3O3/c21-14-3-1-12(2-4-14)19-22-17-11-24(8-7-16(17)20(27)23-19)10-13-9-15(25)5-6-18(13)26/h1-6,9,25-26H,7-8,10-11H2,(H,22,23,27). The molecule has 27 heavy (non-hydrogen) atoms. The Balaban J connectivity index is 1.62. The van der Waals surface area contributed by atoms with Crippen LogP contribution in [0.5, 0.6) is 11.5 Å². The molecule has 0 aliphatic carbocycles. The Bertz CT molecular complexity index is 1050.